The maximum absolute atomic E-state index is 11.9. The van der Waals surface area contributed by atoms with Crippen LogP contribution in [-0.4, -0.2) is 18.5 Å². The zero-order valence-electron chi connectivity index (χ0n) is 6.46. The van der Waals surface area contributed by atoms with Crippen molar-refractivity contribution in [1.29, 1.82) is 0 Å². The van der Waals surface area contributed by atoms with Crippen LogP contribution in [0.15, 0.2) is 11.3 Å². The van der Waals surface area contributed by atoms with Crippen molar-refractivity contribution in [2.45, 2.75) is 19.5 Å². The second kappa shape index (κ2) is 2.80. The molecule has 0 saturated heterocycles. The van der Waals surface area contributed by atoms with Gasteiger partial charge in [0.15, 0.2) is 0 Å². The van der Waals surface area contributed by atoms with Crippen molar-refractivity contribution in [2.75, 3.05) is 6.54 Å². The molecule has 0 aromatic carbocycles. The maximum Gasteiger partial charge on any atom is 0.454 e. The van der Waals surface area contributed by atoms with Gasteiger partial charge >= 0.3 is 6.18 Å². The molecule has 1 aliphatic heterocycles. The molecule has 5 heteroatoms. The minimum absolute atomic E-state index is 0.137. The molecule has 1 heterocycles. The summed E-state index contributed by atoms with van der Waals surface area (Å²) in [6.07, 6.45) is -4.56. The minimum atomic E-state index is -4.73. The predicted molar refractivity (Wildman–Crippen MR) is 36.4 cm³/mol. The number of nitrogens with one attached hydrogen (secondary N) is 1. The van der Waals surface area contributed by atoms with E-state index in [4.69, 9.17) is 0 Å². The van der Waals surface area contributed by atoms with E-state index in [2.05, 4.69) is 5.32 Å². The van der Waals surface area contributed by atoms with Gasteiger partial charge in [-0.15, -0.1) is 0 Å². The first kappa shape index (κ1) is 9.09. The molecule has 0 bridgehead atoms. The lowest BCUT2D eigenvalue weighted by molar-refractivity contribution is -0.166. The Morgan fingerprint density at radius 3 is 2.42 bits per heavy atom. The Hall–Kier alpha value is -1.00. The van der Waals surface area contributed by atoms with Crippen molar-refractivity contribution in [3.8, 4) is 0 Å². The number of rotatable bonds is 1. The first-order chi connectivity index (χ1) is 5.43. The van der Waals surface area contributed by atoms with E-state index in [0.29, 0.717) is 12.2 Å². The van der Waals surface area contributed by atoms with E-state index >= 15 is 0 Å². The Morgan fingerprint density at radius 1 is 1.50 bits per heavy atom. The summed E-state index contributed by atoms with van der Waals surface area (Å²) in [5, 5.41) is 2.68. The summed E-state index contributed by atoms with van der Waals surface area (Å²) in [4.78, 5) is 10.7. The summed E-state index contributed by atoms with van der Waals surface area (Å²) in [5.41, 5.74) is 0.208. The molecule has 1 aliphatic rings. The van der Waals surface area contributed by atoms with Gasteiger partial charge < -0.3 is 5.32 Å². The molecule has 0 aromatic heterocycles. The molecule has 12 heavy (non-hydrogen) atoms. The SMILES string of the molecule is CC1=C(C(=O)C(F)(F)F)CCN1. The van der Waals surface area contributed by atoms with Gasteiger partial charge in [-0.2, -0.15) is 13.2 Å². The third kappa shape index (κ3) is 1.60. The third-order valence-electron chi connectivity index (χ3n) is 1.75. The Morgan fingerprint density at radius 2 is 2.08 bits per heavy atom. The van der Waals surface area contributed by atoms with Crippen LogP contribution in [0.3, 0.4) is 0 Å². The standard InChI is InChI=1S/C7H8F3NO/c1-4-5(2-3-11-4)6(12)7(8,9)10/h11H,2-3H2,1H3. The van der Waals surface area contributed by atoms with Crippen LogP contribution in [0.1, 0.15) is 13.3 Å². The fourth-order valence-corrected chi connectivity index (χ4v) is 1.12. The van der Waals surface area contributed by atoms with Crippen molar-refractivity contribution < 1.29 is 18.0 Å². The monoisotopic (exact) mass is 179 g/mol. The smallest absolute Gasteiger partial charge is 0.388 e. The number of allylic oxidation sites excluding steroid dienone is 1. The molecule has 0 amide bonds. The Balaban J connectivity index is 2.85. The van der Waals surface area contributed by atoms with Gasteiger partial charge in [-0.25, -0.2) is 0 Å². The first-order valence-corrected chi connectivity index (χ1v) is 3.48. The number of carbonyl (C=O) groups is 1. The molecule has 0 aliphatic carbocycles. The number of hydrogen-bond donors (Lipinski definition) is 1. The van der Waals surface area contributed by atoms with E-state index in [9.17, 15) is 18.0 Å². The van der Waals surface area contributed by atoms with E-state index in [1.807, 2.05) is 0 Å². The van der Waals surface area contributed by atoms with Crippen molar-refractivity contribution in [1.82, 2.24) is 5.32 Å². The van der Waals surface area contributed by atoms with Crippen LogP contribution in [0.5, 0.6) is 0 Å². The van der Waals surface area contributed by atoms with E-state index in [0.717, 1.165) is 0 Å². The lowest BCUT2D eigenvalue weighted by atomic mass is 10.1. The van der Waals surface area contributed by atoms with Crippen molar-refractivity contribution >= 4 is 5.78 Å². The van der Waals surface area contributed by atoms with Gasteiger partial charge in [0.25, 0.3) is 5.78 Å². The molecule has 68 valence electrons. The second-order valence-corrected chi connectivity index (χ2v) is 2.61. The zero-order valence-corrected chi connectivity index (χ0v) is 6.46. The summed E-state index contributed by atoms with van der Waals surface area (Å²) in [6.45, 7) is 1.90. The van der Waals surface area contributed by atoms with Crippen LogP contribution >= 0.6 is 0 Å². The second-order valence-electron chi connectivity index (χ2n) is 2.61. The molecule has 1 rings (SSSR count). The predicted octanol–water partition coefficient (Wildman–Crippen LogP) is 1.39. The van der Waals surface area contributed by atoms with Crippen LogP contribution in [-0.2, 0) is 4.79 Å². The Bertz CT molecular complexity index is 242. The van der Waals surface area contributed by atoms with Gasteiger partial charge in [0, 0.05) is 17.8 Å². The fourth-order valence-electron chi connectivity index (χ4n) is 1.12. The highest BCUT2D eigenvalue weighted by molar-refractivity contribution is 6.00. The maximum atomic E-state index is 11.9. The molecule has 0 unspecified atom stereocenters. The first-order valence-electron chi connectivity index (χ1n) is 3.48. The van der Waals surface area contributed by atoms with Gasteiger partial charge in [-0.05, 0) is 13.3 Å². The van der Waals surface area contributed by atoms with Gasteiger partial charge in [-0.3, -0.25) is 4.79 Å². The van der Waals surface area contributed by atoms with Gasteiger partial charge in [-0.1, -0.05) is 0 Å². The molecule has 0 saturated carbocycles. The molecule has 0 spiro atoms. The van der Waals surface area contributed by atoms with Crippen LogP contribution in [0, 0.1) is 0 Å². The number of Topliss-reactive ketones (excluding diaryl/α,β-unsaturated/α-hetero) is 1. The largest absolute Gasteiger partial charge is 0.454 e. The van der Waals surface area contributed by atoms with Crippen LogP contribution in [0.2, 0.25) is 0 Å². The van der Waals surface area contributed by atoms with Crippen molar-refractivity contribution in [2.24, 2.45) is 0 Å². The number of ketones is 1. The highest BCUT2D eigenvalue weighted by Crippen LogP contribution is 2.25. The summed E-state index contributed by atoms with van der Waals surface area (Å²) in [6, 6.07) is 0. The average molecular weight is 179 g/mol. The molecule has 0 aromatic rings. The highest BCUT2D eigenvalue weighted by Gasteiger charge is 2.41. The normalized spacial score (nSPS) is 18.0. The number of alkyl halides is 3. The van der Waals surface area contributed by atoms with Gasteiger partial charge in [0.2, 0.25) is 0 Å². The quantitative estimate of drug-likeness (QED) is 0.658. The average Bonchev–Trinajstić information content (AvgIpc) is 2.31. The third-order valence-corrected chi connectivity index (χ3v) is 1.75. The van der Waals surface area contributed by atoms with Crippen molar-refractivity contribution in [3.05, 3.63) is 11.3 Å². The topological polar surface area (TPSA) is 29.1 Å². The Labute approximate surface area is 67.4 Å². The highest BCUT2D eigenvalue weighted by atomic mass is 19.4. The summed E-state index contributed by atoms with van der Waals surface area (Å²) < 4.78 is 35.6. The van der Waals surface area contributed by atoms with Crippen molar-refractivity contribution in [3.63, 3.8) is 0 Å². The van der Waals surface area contributed by atoms with Crippen LogP contribution in [0.25, 0.3) is 0 Å². The minimum Gasteiger partial charge on any atom is -0.388 e. The zero-order chi connectivity index (χ0) is 9.35. The van der Waals surface area contributed by atoms with E-state index in [-0.39, 0.29) is 12.0 Å². The number of carbonyl (C=O) groups excluding carboxylic acids is 1. The summed E-state index contributed by atoms with van der Waals surface area (Å²) in [5.74, 6) is -1.72. The molecule has 0 radical (unpaired) electrons. The van der Waals surface area contributed by atoms with Gasteiger partial charge in [0.1, 0.15) is 0 Å². The Kier molecular flexibility index (Phi) is 2.12. The lowest BCUT2D eigenvalue weighted by Gasteiger charge is -2.05. The number of halogens is 3. The van der Waals surface area contributed by atoms with E-state index in [1.54, 1.807) is 0 Å². The summed E-state index contributed by atoms with van der Waals surface area (Å²) in [7, 11) is 0. The summed E-state index contributed by atoms with van der Waals surface area (Å²) >= 11 is 0. The fraction of sp³-hybridized carbons (Fsp3) is 0.571. The molecule has 1 N–H and O–H groups in total. The molecule has 0 atom stereocenters. The van der Waals surface area contributed by atoms with Crippen LogP contribution < -0.4 is 5.32 Å². The van der Waals surface area contributed by atoms with Crippen LogP contribution in [0.4, 0.5) is 13.2 Å². The molecular weight excluding hydrogens is 171 g/mol. The molecule has 0 fully saturated rings. The van der Waals surface area contributed by atoms with Gasteiger partial charge in [0.05, 0.1) is 0 Å². The van der Waals surface area contributed by atoms with E-state index < -0.39 is 12.0 Å². The lowest BCUT2D eigenvalue weighted by Crippen LogP contribution is -2.24. The number of hydrogen-bond acceptors (Lipinski definition) is 2. The molecule has 2 nitrogen and oxygen atoms in total. The van der Waals surface area contributed by atoms with E-state index in [1.165, 1.54) is 6.92 Å². The molecular formula is C7H8F3NO.